The molecule has 1 aliphatic rings. The van der Waals surface area contributed by atoms with Crippen LogP contribution in [0, 0.1) is 12.8 Å². The number of nitrogens with zero attached hydrogens (tertiary/aromatic N) is 3. The lowest BCUT2D eigenvalue weighted by Gasteiger charge is -2.18. The van der Waals surface area contributed by atoms with Gasteiger partial charge in [-0.2, -0.15) is 4.98 Å². The van der Waals surface area contributed by atoms with Crippen LogP contribution < -0.4 is 15.4 Å². The van der Waals surface area contributed by atoms with Crippen molar-refractivity contribution in [1.29, 1.82) is 0 Å². The Morgan fingerprint density at radius 2 is 1.88 bits per heavy atom. The van der Waals surface area contributed by atoms with E-state index in [0.717, 1.165) is 63.0 Å². The van der Waals surface area contributed by atoms with Crippen molar-refractivity contribution in [3.63, 3.8) is 0 Å². The fourth-order valence-electron chi connectivity index (χ4n) is 4.34. The molecule has 7 nitrogen and oxygen atoms in total. The van der Waals surface area contributed by atoms with Crippen LogP contribution in [0.25, 0.3) is 20.8 Å². The first-order chi connectivity index (χ1) is 16.1. The Morgan fingerprint density at radius 3 is 2.61 bits per heavy atom. The molecule has 0 bridgehead atoms. The Balaban J connectivity index is 1.52. The predicted molar refractivity (Wildman–Crippen MR) is 133 cm³/mol. The first-order valence-electron chi connectivity index (χ1n) is 11.2. The molecule has 1 fully saturated rings. The minimum absolute atomic E-state index is 0.232. The van der Waals surface area contributed by atoms with E-state index < -0.39 is 0 Å². The fraction of sp³-hybridized carbons (Fsp3) is 0.320. The Labute approximate surface area is 196 Å². The van der Waals surface area contributed by atoms with E-state index in [1.807, 2.05) is 49.4 Å². The number of aliphatic hydroxyl groups is 1. The fourth-order valence-corrected chi connectivity index (χ4v) is 5.40. The molecular weight excluding hydrogens is 434 g/mol. The summed E-state index contributed by atoms with van der Waals surface area (Å²) in [6.07, 6.45) is 2.96. The third-order valence-corrected chi connectivity index (χ3v) is 7.14. The molecule has 0 spiro atoms. The van der Waals surface area contributed by atoms with Crippen LogP contribution >= 0.6 is 11.3 Å². The third-order valence-electron chi connectivity index (χ3n) is 6.08. The van der Waals surface area contributed by atoms with Crippen LogP contribution in [0.4, 0.5) is 17.5 Å². The van der Waals surface area contributed by atoms with Crippen molar-refractivity contribution >= 4 is 39.0 Å². The van der Waals surface area contributed by atoms with Gasteiger partial charge in [-0.1, -0.05) is 12.1 Å². The second-order valence-electron chi connectivity index (χ2n) is 8.40. The summed E-state index contributed by atoms with van der Waals surface area (Å²) in [5, 5.41) is 17.4. The number of hydrogen-bond donors (Lipinski definition) is 3. The van der Waals surface area contributed by atoms with Crippen LogP contribution in [0.1, 0.15) is 25.0 Å². The number of benzene rings is 2. The normalized spacial score (nSPS) is 17.9. The molecule has 170 valence electrons. The number of nitrogens with one attached hydrogen (secondary N) is 2. The van der Waals surface area contributed by atoms with Gasteiger partial charge in [-0.05, 0) is 68.5 Å². The Morgan fingerprint density at radius 1 is 1.06 bits per heavy atom. The molecule has 3 N–H and O–H groups in total. The number of thiazole rings is 1. The zero-order valence-electron chi connectivity index (χ0n) is 18.7. The number of aliphatic hydroxyl groups excluding tert-OH is 1. The number of anilines is 3. The van der Waals surface area contributed by atoms with Gasteiger partial charge < -0.3 is 20.5 Å². The summed E-state index contributed by atoms with van der Waals surface area (Å²) < 4.78 is 6.39. The van der Waals surface area contributed by atoms with Gasteiger partial charge in [0.15, 0.2) is 0 Å². The molecule has 0 unspecified atom stereocenters. The molecule has 33 heavy (non-hydrogen) atoms. The van der Waals surface area contributed by atoms with Crippen LogP contribution in [0.5, 0.6) is 5.75 Å². The number of methoxy groups -OCH3 is 1. The third kappa shape index (κ3) is 4.62. The molecule has 8 heteroatoms. The molecule has 5 rings (SSSR count). The van der Waals surface area contributed by atoms with E-state index >= 15 is 0 Å². The van der Waals surface area contributed by atoms with Gasteiger partial charge >= 0.3 is 0 Å². The van der Waals surface area contributed by atoms with E-state index in [9.17, 15) is 5.11 Å². The monoisotopic (exact) mass is 461 g/mol. The molecule has 2 aromatic carbocycles. The highest BCUT2D eigenvalue weighted by atomic mass is 32.1. The van der Waals surface area contributed by atoms with Gasteiger partial charge in [0, 0.05) is 18.3 Å². The van der Waals surface area contributed by atoms with E-state index in [0.29, 0.717) is 11.9 Å². The number of fused-ring (bicyclic) bond motifs is 1. The van der Waals surface area contributed by atoms with Crippen molar-refractivity contribution < 1.29 is 9.84 Å². The molecular formula is C25H27N5O2S. The highest BCUT2D eigenvalue weighted by Crippen LogP contribution is 2.38. The zero-order valence-corrected chi connectivity index (χ0v) is 19.5. The lowest BCUT2D eigenvalue weighted by atomic mass is 10.1. The van der Waals surface area contributed by atoms with Gasteiger partial charge in [-0.25, -0.2) is 9.97 Å². The van der Waals surface area contributed by atoms with Gasteiger partial charge in [-0.3, -0.25) is 0 Å². The zero-order chi connectivity index (χ0) is 22.8. The summed E-state index contributed by atoms with van der Waals surface area (Å²) in [6.45, 7) is 2.23. The van der Waals surface area contributed by atoms with Crippen LogP contribution in [0.15, 0.2) is 48.5 Å². The van der Waals surface area contributed by atoms with Crippen LogP contribution in [0.2, 0.25) is 0 Å². The number of hydrogen-bond acceptors (Lipinski definition) is 8. The summed E-state index contributed by atoms with van der Waals surface area (Å²) in [6, 6.07) is 16.1. The van der Waals surface area contributed by atoms with Crippen molar-refractivity contribution in [3.8, 4) is 16.3 Å². The molecule has 0 amide bonds. The molecule has 2 heterocycles. The second-order valence-corrected chi connectivity index (χ2v) is 9.43. The molecule has 0 saturated heterocycles. The summed E-state index contributed by atoms with van der Waals surface area (Å²) >= 11 is 1.65. The molecule has 1 saturated carbocycles. The molecule has 0 aliphatic heterocycles. The molecule has 4 aromatic rings. The van der Waals surface area contributed by atoms with E-state index in [1.54, 1.807) is 18.4 Å². The van der Waals surface area contributed by atoms with Crippen LogP contribution in [-0.4, -0.2) is 39.8 Å². The quantitative estimate of drug-likeness (QED) is 0.340. The summed E-state index contributed by atoms with van der Waals surface area (Å²) in [7, 11) is 1.65. The predicted octanol–water partition coefficient (Wildman–Crippen LogP) is 5.39. The van der Waals surface area contributed by atoms with Crippen LogP contribution in [0.3, 0.4) is 0 Å². The van der Waals surface area contributed by atoms with Crippen molar-refractivity contribution in [3.05, 3.63) is 54.2 Å². The van der Waals surface area contributed by atoms with E-state index in [2.05, 4.69) is 16.7 Å². The average molecular weight is 462 g/mol. The van der Waals surface area contributed by atoms with Gasteiger partial charge in [0.05, 0.1) is 28.6 Å². The van der Waals surface area contributed by atoms with Crippen LogP contribution in [-0.2, 0) is 0 Å². The van der Waals surface area contributed by atoms with E-state index in [1.165, 1.54) is 0 Å². The van der Waals surface area contributed by atoms with Crippen molar-refractivity contribution in [2.75, 3.05) is 24.4 Å². The largest absolute Gasteiger partial charge is 0.497 e. The SMILES string of the molecule is COc1ccc(Nc2nc(C)c(-c3nc4ccccc4s3)c(N[C@H]3CC[C@@H](CO)C3)n2)cc1. The van der Waals surface area contributed by atoms with Gasteiger partial charge in [0.2, 0.25) is 5.95 Å². The molecule has 0 radical (unpaired) electrons. The topological polar surface area (TPSA) is 92.2 Å². The lowest BCUT2D eigenvalue weighted by Crippen LogP contribution is -2.19. The van der Waals surface area contributed by atoms with Gasteiger partial charge in [0.1, 0.15) is 16.6 Å². The maximum atomic E-state index is 9.57. The minimum atomic E-state index is 0.232. The smallest absolute Gasteiger partial charge is 0.229 e. The number of ether oxygens (including phenoxy) is 1. The number of para-hydroxylation sites is 1. The summed E-state index contributed by atoms with van der Waals surface area (Å²) in [4.78, 5) is 14.5. The van der Waals surface area contributed by atoms with Crippen molar-refractivity contribution in [2.45, 2.75) is 32.2 Å². The maximum absolute atomic E-state index is 9.57. The van der Waals surface area contributed by atoms with Crippen molar-refractivity contribution in [2.24, 2.45) is 5.92 Å². The first-order valence-corrected chi connectivity index (χ1v) is 12.0. The standard InChI is InChI=1S/C25H27N5O2S/c1-15-22(24-29-20-5-3-4-6-21(20)33-24)23(27-18-8-7-16(13-18)14-31)30-25(26-15)28-17-9-11-19(32-2)12-10-17/h3-6,9-12,16,18,31H,7-8,13-14H2,1-2H3,(H2,26,27,28,30)/t16-,18+/m1/s1. The summed E-state index contributed by atoms with van der Waals surface area (Å²) in [5.41, 5.74) is 3.66. The Kier molecular flexibility index (Phi) is 6.11. The van der Waals surface area contributed by atoms with Gasteiger partial charge in [-0.15, -0.1) is 11.3 Å². The molecule has 2 atom stereocenters. The number of rotatable bonds is 7. The first kappa shape index (κ1) is 21.6. The van der Waals surface area contributed by atoms with E-state index in [-0.39, 0.29) is 12.6 Å². The minimum Gasteiger partial charge on any atom is -0.497 e. The van der Waals surface area contributed by atoms with Crippen molar-refractivity contribution in [1.82, 2.24) is 15.0 Å². The lowest BCUT2D eigenvalue weighted by molar-refractivity contribution is 0.229. The second kappa shape index (κ2) is 9.33. The summed E-state index contributed by atoms with van der Waals surface area (Å²) in [5.74, 6) is 2.45. The number of aromatic nitrogens is 3. The van der Waals surface area contributed by atoms with Gasteiger partial charge in [0.25, 0.3) is 0 Å². The highest BCUT2D eigenvalue weighted by molar-refractivity contribution is 7.21. The Bertz CT molecular complexity index is 1220. The molecule has 1 aliphatic carbocycles. The average Bonchev–Trinajstić information content (AvgIpc) is 3.46. The highest BCUT2D eigenvalue weighted by Gasteiger charge is 2.26. The Hall–Kier alpha value is -3.23. The maximum Gasteiger partial charge on any atom is 0.229 e. The molecule has 2 aromatic heterocycles. The van der Waals surface area contributed by atoms with E-state index in [4.69, 9.17) is 19.7 Å². The number of aryl methyl sites for hydroxylation is 1.